The highest BCUT2D eigenvalue weighted by Crippen LogP contribution is 2.25. The highest BCUT2D eigenvalue weighted by Gasteiger charge is 2.25. The van der Waals surface area contributed by atoms with Gasteiger partial charge in [0.2, 0.25) is 5.88 Å². The molecule has 2 saturated heterocycles. The molecule has 3 aromatic heterocycles. The van der Waals surface area contributed by atoms with Crippen LogP contribution < -0.4 is 9.64 Å². The van der Waals surface area contributed by atoms with E-state index in [1.807, 2.05) is 36.1 Å². The number of aromatic nitrogens is 5. The third-order valence-electron chi connectivity index (χ3n) is 8.20. The lowest BCUT2D eigenvalue weighted by atomic mass is 10.1. The second-order valence-corrected chi connectivity index (χ2v) is 11.0. The van der Waals surface area contributed by atoms with Crippen LogP contribution in [0.3, 0.4) is 0 Å². The standard InChI is InChI=1S/C31H33N7O4/c1-35-20-32-25-15-21(5-8-26(25)35)19-42-30-4-2-3-28(34-30)37-12-10-36(11-13-37)18-29-33-24-7-6-22(31(39)40)16-27(24)38(29)17-23-9-14-41-23/h2-8,15-16,20,23H,9-14,17-19H2,1H3,(H,39,40). The van der Waals surface area contributed by atoms with Crippen molar-refractivity contribution in [3.05, 3.63) is 77.9 Å². The van der Waals surface area contributed by atoms with Gasteiger partial charge in [-0.1, -0.05) is 12.1 Å². The summed E-state index contributed by atoms with van der Waals surface area (Å²) in [6, 6.07) is 17.2. The highest BCUT2D eigenvalue weighted by molar-refractivity contribution is 5.92. The van der Waals surface area contributed by atoms with Crippen LogP contribution in [0.4, 0.5) is 5.82 Å². The first kappa shape index (κ1) is 26.4. The molecule has 2 aromatic carbocycles. The van der Waals surface area contributed by atoms with Crippen molar-refractivity contribution in [1.82, 2.24) is 29.0 Å². The quantitative estimate of drug-likeness (QED) is 0.285. The van der Waals surface area contributed by atoms with Crippen molar-refractivity contribution < 1.29 is 19.4 Å². The molecule has 216 valence electrons. The molecule has 0 amide bonds. The number of imidazole rings is 2. The molecule has 11 heteroatoms. The molecule has 1 unspecified atom stereocenters. The van der Waals surface area contributed by atoms with Crippen LogP contribution in [0.5, 0.6) is 5.88 Å². The van der Waals surface area contributed by atoms with Crippen LogP contribution in [-0.4, -0.2) is 79.0 Å². The monoisotopic (exact) mass is 567 g/mol. The van der Waals surface area contributed by atoms with E-state index in [-0.39, 0.29) is 11.7 Å². The van der Waals surface area contributed by atoms with Gasteiger partial charge in [-0.05, 0) is 48.4 Å². The Kier molecular flexibility index (Phi) is 6.96. The molecule has 0 spiro atoms. The summed E-state index contributed by atoms with van der Waals surface area (Å²) in [5.41, 5.74) is 5.03. The molecule has 5 heterocycles. The van der Waals surface area contributed by atoms with Crippen molar-refractivity contribution in [2.45, 2.75) is 32.2 Å². The van der Waals surface area contributed by atoms with E-state index in [2.05, 4.69) is 37.5 Å². The Morgan fingerprint density at radius 1 is 1.02 bits per heavy atom. The number of fused-ring (bicyclic) bond motifs is 2. The summed E-state index contributed by atoms with van der Waals surface area (Å²) in [5, 5.41) is 9.51. The number of aryl methyl sites for hydroxylation is 1. The lowest BCUT2D eigenvalue weighted by Gasteiger charge is -2.35. The van der Waals surface area contributed by atoms with E-state index >= 15 is 0 Å². The maximum absolute atomic E-state index is 11.6. The summed E-state index contributed by atoms with van der Waals surface area (Å²) in [7, 11) is 1.99. The molecule has 1 atom stereocenters. The minimum Gasteiger partial charge on any atom is -0.478 e. The van der Waals surface area contributed by atoms with Gasteiger partial charge in [-0.3, -0.25) is 4.90 Å². The number of carboxylic acids is 1. The number of carboxylic acid groups (broad SMARTS) is 1. The molecular formula is C31H33N7O4. The Morgan fingerprint density at radius 3 is 2.67 bits per heavy atom. The number of hydrogen-bond acceptors (Lipinski definition) is 8. The number of rotatable bonds is 9. The third kappa shape index (κ3) is 5.28. The van der Waals surface area contributed by atoms with Crippen molar-refractivity contribution in [3.8, 4) is 5.88 Å². The minimum absolute atomic E-state index is 0.143. The van der Waals surface area contributed by atoms with Crippen LogP contribution in [0.1, 0.15) is 28.2 Å². The van der Waals surface area contributed by atoms with Crippen LogP contribution in [0.25, 0.3) is 22.1 Å². The van der Waals surface area contributed by atoms with Gasteiger partial charge in [0.1, 0.15) is 18.2 Å². The Labute approximate surface area is 242 Å². The molecule has 5 aromatic rings. The molecule has 11 nitrogen and oxygen atoms in total. The summed E-state index contributed by atoms with van der Waals surface area (Å²) in [6.07, 6.45) is 2.97. The molecule has 0 aliphatic carbocycles. The molecular weight excluding hydrogens is 534 g/mol. The Hall–Kier alpha value is -4.48. The highest BCUT2D eigenvalue weighted by atomic mass is 16.5. The number of carbonyl (C=O) groups is 1. The van der Waals surface area contributed by atoms with Crippen LogP contribution >= 0.6 is 0 Å². The average molecular weight is 568 g/mol. The van der Waals surface area contributed by atoms with Crippen molar-refractivity contribution >= 4 is 33.9 Å². The number of piperazine rings is 1. The van der Waals surface area contributed by atoms with E-state index < -0.39 is 5.97 Å². The molecule has 2 aliphatic rings. The molecule has 7 rings (SSSR count). The number of benzene rings is 2. The first-order valence-electron chi connectivity index (χ1n) is 14.3. The van der Waals surface area contributed by atoms with Crippen LogP contribution in [0, 0.1) is 0 Å². The maximum atomic E-state index is 11.6. The first-order valence-corrected chi connectivity index (χ1v) is 14.3. The largest absolute Gasteiger partial charge is 0.478 e. The second kappa shape index (κ2) is 11.1. The lowest BCUT2D eigenvalue weighted by Crippen LogP contribution is -2.46. The zero-order valence-electron chi connectivity index (χ0n) is 23.5. The number of pyridine rings is 1. The maximum Gasteiger partial charge on any atom is 0.335 e. The molecule has 0 bridgehead atoms. The fraction of sp³-hybridized carbons (Fsp3) is 0.355. The molecule has 2 fully saturated rings. The van der Waals surface area contributed by atoms with E-state index in [1.165, 1.54) is 0 Å². The van der Waals surface area contributed by atoms with Gasteiger partial charge in [-0.25, -0.2) is 14.8 Å². The van der Waals surface area contributed by atoms with Crippen LogP contribution in [0.15, 0.2) is 60.9 Å². The van der Waals surface area contributed by atoms with Gasteiger partial charge in [-0.2, -0.15) is 4.98 Å². The summed E-state index contributed by atoms with van der Waals surface area (Å²) in [5.74, 6) is 1.51. The average Bonchev–Trinajstić information content (AvgIpc) is 3.52. The van der Waals surface area contributed by atoms with Crippen LogP contribution in [-0.2, 0) is 31.5 Å². The molecule has 0 radical (unpaired) electrons. The zero-order chi connectivity index (χ0) is 28.6. The fourth-order valence-electron chi connectivity index (χ4n) is 5.69. The first-order chi connectivity index (χ1) is 20.5. The fourth-order valence-corrected chi connectivity index (χ4v) is 5.69. The van der Waals surface area contributed by atoms with Gasteiger partial charge in [-0.15, -0.1) is 0 Å². The number of anilines is 1. The van der Waals surface area contributed by atoms with Gasteiger partial charge >= 0.3 is 5.97 Å². The Balaban J connectivity index is 0.999. The Morgan fingerprint density at radius 2 is 1.88 bits per heavy atom. The van der Waals surface area contributed by atoms with Crippen molar-refractivity contribution in [3.63, 3.8) is 0 Å². The van der Waals surface area contributed by atoms with Crippen molar-refractivity contribution in [1.29, 1.82) is 0 Å². The number of aromatic carboxylic acids is 1. The smallest absolute Gasteiger partial charge is 0.335 e. The van der Waals surface area contributed by atoms with E-state index in [0.29, 0.717) is 25.6 Å². The molecule has 42 heavy (non-hydrogen) atoms. The zero-order valence-corrected chi connectivity index (χ0v) is 23.5. The van der Waals surface area contributed by atoms with Gasteiger partial charge < -0.3 is 28.6 Å². The number of hydrogen-bond donors (Lipinski definition) is 1. The second-order valence-electron chi connectivity index (χ2n) is 11.0. The minimum atomic E-state index is -0.934. The third-order valence-corrected chi connectivity index (χ3v) is 8.20. The predicted molar refractivity (Wildman–Crippen MR) is 158 cm³/mol. The SMILES string of the molecule is Cn1cnc2cc(COc3cccc(N4CCN(Cc5nc6ccc(C(=O)O)cc6n5CC5CCO5)CC4)n3)ccc21. The van der Waals surface area contributed by atoms with E-state index in [9.17, 15) is 9.90 Å². The van der Waals surface area contributed by atoms with Gasteiger partial charge in [0.05, 0.1) is 53.2 Å². The van der Waals surface area contributed by atoms with Crippen molar-refractivity contribution in [2.24, 2.45) is 7.05 Å². The van der Waals surface area contributed by atoms with Gasteiger partial charge in [0.25, 0.3) is 0 Å². The summed E-state index contributed by atoms with van der Waals surface area (Å²) < 4.78 is 15.9. The van der Waals surface area contributed by atoms with Crippen LogP contribution in [0.2, 0.25) is 0 Å². The molecule has 1 N–H and O–H groups in total. The van der Waals surface area contributed by atoms with E-state index in [4.69, 9.17) is 19.4 Å². The Bertz CT molecular complexity index is 1750. The lowest BCUT2D eigenvalue weighted by molar-refractivity contribution is -0.0592. The summed E-state index contributed by atoms with van der Waals surface area (Å²) in [4.78, 5) is 30.4. The topological polar surface area (TPSA) is 111 Å². The predicted octanol–water partition coefficient (Wildman–Crippen LogP) is 3.71. The molecule has 2 aliphatic heterocycles. The summed E-state index contributed by atoms with van der Waals surface area (Å²) in [6.45, 7) is 5.97. The normalized spacial score (nSPS) is 17.5. The van der Waals surface area contributed by atoms with E-state index in [0.717, 1.165) is 78.5 Å². The number of nitrogens with zero attached hydrogens (tertiary/aromatic N) is 7. The van der Waals surface area contributed by atoms with E-state index in [1.54, 1.807) is 18.2 Å². The number of ether oxygens (including phenoxy) is 2. The van der Waals surface area contributed by atoms with Gasteiger partial charge in [0.15, 0.2) is 0 Å². The van der Waals surface area contributed by atoms with Crippen molar-refractivity contribution in [2.75, 3.05) is 37.7 Å². The van der Waals surface area contributed by atoms with Gasteiger partial charge in [0, 0.05) is 45.9 Å². The summed E-state index contributed by atoms with van der Waals surface area (Å²) >= 11 is 0. The molecule has 0 saturated carbocycles.